The Hall–Kier alpha value is -1.10. The van der Waals surface area contributed by atoms with Gasteiger partial charge in [-0.15, -0.1) is 24.0 Å². The number of rotatable bonds is 13. The Balaban J connectivity index is 0.00000625. The van der Waals surface area contributed by atoms with Crippen LogP contribution in [0.15, 0.2) is 29.3 Å². The smallest absolute Gasteiger partial charge is 0.195 e. The third-order valence-corrected chi connectivity index (χ3v) is 3.14. The van der Waals surface area contributed by atoms with Crippen molar-refractivity contribution in [1.29, 1.82) is 0 Å². The lowest BCUT2D eigenvalue weighted by Gasteiger charge is -2.13. The molecule has 0 spiro atoms. The van der Waals surface area contributed by atoms with Crippen LogP contribution in [-0.4, -0.2) is 66.3 Å². The van der Waals surface area contributed by atoms with E-state index in [-0.39, 0.29) is 24.0 Å². The van der Waals surface area contributed by atoms with Crippen molar-refractivity contribution >= 4 is 35.6 Å². The lowest BCUT2D eigenvalue weighted by Crippen LogP contribution is -2.31. The molecule has 0 fully saturated rings. The molecule has 1 aromatic carbocycles. The fraction of sp³-hybridized carbons (Fsp3) is 0.611. The van der Waals surface area contributed by atoms with Gasteiger partial charge >= 0.3 is 0 Å². The van der Waals surface area contributed by atoms with Crippen molar-refractivity contribution in [2.45, 2.75) is 13.3 Å². The zero-order chi connectivity index (χ0) is 18.2. The van der Waals surface area contributed by atoms with Crippen LogP contribution in [0.4, 0.5) is 5.69 Å². The third kappa shape index (κ3) is 12.3. The first-order valence-corrected chi connectivity index (χ1v) is 8.64. The monoisotopic (exact) mass is 481 g/mol. The van der Waals surface area contributed by atoms with Gasteiger partial charge in [-0.25, -0.2) is 0 Å². The molecule has 0 aliphatic rings. The number of nitrogens with one attached hydrogen (secondary N) is 2. The zero-order valence-corrected chi connectivity index (χ0v) is 18.3. The topological polar surface area (TPSA) is 73.3 Å². The maximum absolute atomic E-state index is 5.71. The molecular formula is C18H32IN3O4. The maximum atomic E-state index is 5.71. The van der Waals surface area contributed by atoms with Crippen LogP contribution in [0, 0.1) is 0 Å². The fourth-order valence-electron chi connectivity index (χ4n) is 1.97. The van der Waals surface area contributed by atoms with E-state index < -0.39 is 0 Å². The van der Waals surface area contributed by atoms with Crippen LogP contribution in [0.1, 0.15) is 13.3 Å². The molecule has 0 atom stereocenters. The van der Waals surface area contributed by atoms with Gasteiger partial charge in [-0.05, 0) is 19.1 Å². The average Bonchev–Trinajstić information content (AvgIpc) is 2.62. The molecule has 1 aromatic rings. The number of anilines is 1. The molecule has 0 aliphatic carbocycles. The van der Waals surface area contributed by atoms with Crippen LogP contribution >= 0.6 is 24.0 Å². The van der Waals surface area contributed by atoms with E-state index in [1.54, 1.807) is 14.2 Å². The second kappa shape index (κ2) is 17.3. The van der Waals surface area contributed by atoms with Gasteiger partial charge in [0.2, 0.25) is 0 Å². The number of nitrogens with zero attached hydrogens (tertiary/aromatic N) is 1. The van der Waals surface area contributed by atoms with E-state index in [4.69, 9.17) is 18.9 Å². The van der Waals surface area contributed by atoms with Crippen molar-refractivity contribution in [1.82, 2.24) is 5.32 Å². The second-order valence-electron chi connectivity index (χ2n) is 5.21. The van der Waals surface area contributed by atoms with Crippen LogP contribution in [0.3, 0.4) is 0 Å². The quantitative estimate of drug-likeness (QED) is 0.196. The molecule has 0 radical (unpaired) electrons. The summed E-state index contributed by atoms with van der Waals surface area (Å²) < 4.78 is 21.1. The van der Waals surface area contributed by atoms with E-state index in [1.807, 2.05) is 31.2 Å². The zero-order valence-electron chi connectivity index (χ0n) is 16.0. The molecule has 0 amide bonds. The van der Waals surface area contributed by atoms with Gasteiger partial charge in [-0.3, -0.25) is 4.99 Å². The Morgan fingerprint density at radius 1 is 1.04 bits per heavy atom. The van der Waals surface area contributed by atoms with E-state index in [2.05, 4.69) is 15.6 Å². The maximum Gasteiger partial charge on any atom is 0.195 e. The highest BCUT2D eigenvalue weighted by atomic mass is 127. The summed E-state index contributed by atoms with van der Waals surface area (Å²) in [7, 11) is 3.35. The highest BCUT2D eigenvalue weighted by molar-refractivity contribution is 14.0. The van der Waals surface area contributed by atoms with E-state index in [9.17, 15) is 0 Å². The number of methoxy groups -OCH3 is 2. The molecule has 0 saturated carbocycles. The van der Waals surface area contributed by atoms with E-state index in [0.717, 1.165) is 30.4 Å². The summed E-state index contributed by atoms with van der Waals surface area (Å²) in [4.78, 5) is 4.49. The number of hydrogen-bond acceptors (Lipinski definition) is 5. The standard InChI is InChI=1S/C18H31N3O4.HI/c1-4-19-18(20-9-12-24-14-13-23-3)21-16-7-5-8-17(15-16)25-11-6-10-22-2;/h5,7-8,15H,4,6,9-14H2,1-3H3,(H2,19,20,21);1H. The van der Waals surface area contributed by atoms with Gasteiger partial charge < -0.3 is 29.6 Å². The second-order valence-corrected chi connectivity index (χ2v) is 5.21. The number of ether oxygens (including phenoxy) is 4. The van der Waals surface area contributed by atoms with Crippen LogP contribution in [0.5, 0.6) is 5.75 Å². The van der Waals surface area contributed by atoms with Crippen molar-refractivity contribution in [2.75, 3.05) is 65.7 Å². The summed E-state index contributed by atoms with van der Waals surface area (Å²) in [6.45, 7) is 6.45. The van der Waals surface area contributed by atoms with Crippen LogP contribution in [0.2, 0.25) is 0 Å². The molecule has 2 N–H and O–H groups in total. The fourth-order valence-corrected chi connectivity index (χ4v) is 1.97. The van der Waals surface area contributed by atoms with Gasteiger partial charge in [0.25, 0.3) is 0 Å². The van der Waals surface area contributed by atoms with Crippen molar-refractivity contribution < 1.29 is 18.9 Å². The lowest BCUT2D eigenvalue weighted by molar-refractivity contribution is 0.0748. The summed E-state index contributed by atoms with van der Waals surface area (Å²) in [5.41, 5.74) is 0.921. The number of hydrogen-bond donors (Lipinski definition) is 2. The molecule has 0 saturated heterocycles. The molecule has 7 nitrogen and oxygen atoms in total. The first-order chi connectivity index (χ1) is 12.3. The largest absolute Gasteiger partial charge is 0.493 e. The summed E-state index contributed by atoms with van der Waals surface area (Å²) in [5, 5.41) is 6.49. The number of aliphatic imine (C=N–C) groups is 1. The van der Waals surface area contributed by atoms with Crippen molar-refractivity contribution in [3.8, 4) is 5.75 Å². The first kappa shape index (κ1) is 24.9. The highest BCUT2D eigenvalue weighted by Gasteiger charge is 2.01. The molecular weight excluding hydrogens is 449 g/mol. The first-order valence-electron chi connectivity index (χ1n) is 8.64. The Kier molecular flexibility index (Phi) is 16.6. The van der Waals surface area contributed by atoms with Crippen LogP contribution < -0.4 is 15.4 Å². The molecule has 0 aromatic heterocycles. The normalized spacial score (nSPS) is 11.0. The van der Waals surface area contributed by atoms with E-state index >= 15 is 0 Å². The minimum absolute atomic E-state index is 0. The molecule has 0 aliphatic heterocycles. The summed E-state index contributed by atoms with van der Waals surface area (Å²) in [5.74, 6) is 1.54. The van der Waals surface area contributed by atoms with Crippen molar-refractivity contribution in [3.05, 3.63) is 24.3 Å². The van der Waals surface area contributed by atoms with Gasteiger partial charge in [-0.1, -0.05) is 6.07 Å². The SMILES string of the molecule is CCNC(=NCCOCCOC)Nc1cccc(OCCCOC)c1.I. The van der Waals surface area contributed by atoms with Crippen molar-refractivity contribution in [2.24, 2.45) is 4.99 Å². The van der Waals surface area contributed by atoms with Crippen LogP contribution in [-0.2, 0) is 14.2 Å². The Bertz CT molecular complexity index is 489. The van der Waals surface area contributed by atoms with Gasteiger partial charge in [-0.2, -0.15) is 0 Å². The molecule has 0 unspecified atom stereocenters. The van der Waals surface area contributed by atoms with Gasteiger partial charge in [0.1, 0.15) is 5.75 Å². The minimum atomic E-state index is 0. The molecule has 1 rings (SSSR count). The van der Waals surface area contributed by atoms with E-state index in [0.29, 0.717) is 39.6 Å². The molecule has 0 bridgehead atoms. The van der Waals surface area contributed by atoms with Crippen molar-refractivity contribution in [3.63, 3.8) is 0 Å². The predicted octanol–water partition coefficient (Wildman–Crippen LogP) is 2.76. The van der Waals surface area contributed by atoms with Crippen LogP contribution in [0.25, 0.3) is 0 Å². The van der Waals surface area contributed by atoms with E-state index in [1.165, 1.54) is 0 Å². The summed E-state index contributed by atoms with van der Waals surface area (Å²) in [6.07, 6.45) is 0.862. The molecule has 0 heterocycles. The molecule has 8 heteroatoms. The molecule has 150 valence electrons. The lowest BCUT2D eigenvalue weighted by atomic mass is 10.3. The minimum Gasteiger partial charge on any atom is -0.493 e. The molecule has 26 heavy (non-hydrogen) atoms. The van der Waals surface area contributed by atoms with Gasteiger partial charge in [0.15, 0.2) is 5.96 Å². The summed E-state index contributed by atoms with van der Waals surface area (Å²) in [6, 6.07) is 7.82. The number of halogens is 1. The number of guanidine groups is 1. The van der Waals surface area contributed by atoms with Gasteiger partial charge in [0, 0.05) is 45.5 Å². The average molecular weight is 481 g/mol. The Morgan fingerprint density at radius 3 is 2.58 bits per heavy atom. The number of benzene rings is 1. The third-order valence-electron chi connectivity index (χ3n) is 3.14. The summed E-state index contributed by atoms with van der Waals surface area (Å²) >= 11 is 0. The Labute approximate surface area is 173 Å². The predicted molar refractivity (Wildman–Crippen MR) is 116 cm³/mol. The van der Waals surface area contributed by atoms with Gasteiger partial charge in [0.05, 0.1) is 33.0 Å². The highest BCUT2D eigenvalue weighted by Crippen LogP contribution is 2.17. The Morgan fingerprint density at radius 2 is 1.85 bits per heavy atom.